The standard InChI is InChI=1S/C18H21N7O2/c1-13-11-16(23-27-13)20-18-21-17(12-19-22-18)25-9-7-24(8-10-25)14-5-3-4-6-15(14)26-2/h3-6,11-12H,7-10H2,1-2H3,(H,20,21,22,23). The number of anilines is 4. The molecule has 0 aliphatic carbocycles. The maximum Gasteiger partial charge on any atom is 0.250 e. The van der Waals surface area contributed by atoms with Crippen molar-refractivity contribution in [1.82, 2.24) is 20.3 Å². The van der Waals surface area contributed by atoms with Crippen LogP contribution >= 0.6 is 0 Å². The highest BCUT2D eigenvalue weighted by Gasteiger charge is 2.21. The maximum atomic E-state index is 5.48. The van der Waals surface area contributed by atoms with Gasteiger partial charge in [0, 0.05) is 32.2 Å². The quantitative estimate of drug-likeness (QED) is 0.729. The van der Waals surface area contributed by atoms with Gasteiger partial charge in [0.2, 0.25) is 5.95 Å². The van der Waals surface area contributed by atoms with Gasteiger partial charge in [-0.1, -0.05) is 17.3 Å². The third-order valence-corrected chi connectivity index (χ3v) is 4.44. The number of aromatic nitrogens is 4. The Morgan fingerprint density at radius 1 is 1.11 bits per heavy atom. The zero-order chi connectivity index (χ0) is 18.6. The summed E-state index contributed by atoms with van der Waals surface area (Å²) >= 11 is 0. The first-order chi connectivity index (χ1) is 13.2. The molecular formula is C18H21N7O2. The number of piperazine rings is 1. The van der Waals surface area contributed by atoms with Crippen LogP contribution in [0.5, 0.6) is 5.75 Å². The molecular weight excluding hydrogens is 346 g/mol. The number of ether oxygens (including phenoxy) is 1. The predicted octanol–water partition coefficient (Wildman–Crippen LogP) is 2.25. The first kappa shape index (κ1) is 17.1. The molecule has 0 spiro atoms. The van der Waals surface area contributed by atoms with E-state index in [1.54, 1.807) is 19.4 Å². The Labute approximate surface area is 157 Å². The number of nitrogens with zero attached hydrogens (tertiary/aromatic N) is 6. The smallest absolute Gasteiger partial charge is 0.250 e. The fourth-order valence-corrected chi connectivity index (χ4v) is 3.11. The van der Waals surface area contributed by atoms with Crippen LogP contribution in [0.1, 0.15) is 5.76 Å². The van der Waals surface area contributed by atoms with E-state index in [0.717, 1.165) is 43.4 Å². The van der Waals surface area contributed by atoms with Gasteiger partial charge in [-0.2, -0.15) is 10.1 Å². The highest BCUT2D eigenvalue weighted by atomic mass is 16.5. The molecule has 0 atom stereocenters. The molecule has 0 bridgehead atoms. The normalized spacial score (nSPS) is 14.3. The van der Waals surface area contributed by atoms with Crippen LogP contribution in [0, 0.1) is 6.92 Å². The first-order valence-corrected chi connectivity index (χ1v) is 8.76. The van der Waals surface area contributed by atoms with Crippen molar-refractivity contribution in [3.8, 4) is 5.75 Å². The van der Waals surface area contributed by atoms with Crippen LogP contribution in [-0.2, 0) is 0 Å². The van der Waals surface area contributed by atoms with Crippen LogP contribution in [0.2, 0.25) is 0 Å². The van der Waals surface area contributed by atoms with Gasteiger partial charge < -0.3 is 24.4 Å². The van der Waals surface area contributed by atoms with Crippen molar-refractivity contribution >= 4 is 23.3 Å². The van der Waals surface area contributed by atoms with Gasteiger partial charge in [0.25, 0.3) is 0 Å². The molecule has 140 valence electrons. The first-order valence-electron chi connectivity index (χ1n) is 8.76. The largest absolute Gasteiger partial charge is 0.495 e. The van der Waals surface area contributed by atoms with Crippen molar-refractivity contribution in [3.05, 3.63) is 42.3 Å². The molecule has 27 heavy (non-hydrogen) atoms. The van der Waals surface area contributed by atoms with Crippen molar-refractivity contribution < 1.29 is 9.26 Å². The lowest BCUT2D eigenvalue weighted by Crippen LogP contribution is -2.47. The lowest BCUT2D eigenvalue weighted by Gasteiger charge is -2.37. The second-order valence-electron chi connectivity index (χ2n) is 6.23. The summed E-state index contributed by atoms with van der Waals surface area (Å²) in [6, 6.07) is 9.86. The zero-order valence-electron chi connectivity index (χ0n) is 15.3. The van der Waals surface area contributed by atoms with Crippen LogP contribution in [-0.4, -0.2) is 53.6 Å². The van der Waals surface area contributed by atoms with Gasteiger partial charge in [-0.3, -0.25) is 0 Å². The van der Waals surface area contributed by atoms with Gasteiger partial charge in [-0.15, -0.1) is 5.10 Å². The number of hydrogen-bond donors (Lipinski definition) is 1. The van der Waals surface area contributed by atoms with Crippen LogP contribution < -0.4 is 19.9 Å². The maximum absolute atomic E-state index is 5.48. The van der Waals surface area contributed by atoms with Crippen molar-refractivity contribution in [1.29, 1.82) is 0 Å². The topological polar surface area (TPSA) is 92.4 Å². The molecule has 1 saturated heterocycles. The van der Waals surface area contributed by atoms with E-state index in [1.807, 2.05) is 25.1 Å². The summed E-state index contributed by atoms with van der Waals surface area (Å²) in [6.45, 7) is 5.23. The second kappa shape index (κ2) is 7.48. The minimum Gasteiger partial charge on any atom is -0.495 e. The van der Waals surface area contributed by atoms with Gasteiger partial charge in [-0.05, 0) is 19.1 Å². The molecule has 1 N–H and O–H groups in total. The average Bonchev–Trinajstić information content (AvgIpc) is 3.13. The summed E-state index contributed by atoms with van der Waals surface area (Å²) in [5.41, 5.74) is 1.12. The van der Waals surface area contributed by atoms with E-state index in [4.69, 9.17) is 9.26 Å². The number of hydrogen-bond acceptors (Lipinski definition) is 9. The molecule has 0 amide bonds. The monoisotopic (exact) mass is 367 g/mol. The zero-order valence-corrected chi connectivity index (χ0v) is 15.3. The SMILES string of the molecule is COc1ccccc1N1CCN(c2cnnc(Nc3cc(C)on3)n2)CC1. The number of aryl methyl sites for hydroxylation is 1. The summed E-state index contributed by atoms with van der Waals surface area (Å²) in [6.07, 6.45) is 1.68. The molecule has 9 nitrogen and oxygen atoms in total. The summed E-state index contributed by atoms with van der Waals surface area (Å²) in [5, 5.41) is 15.0. The number of methoxy groups -OCH3 is 1. The van der Waals surface area contributed by atoms with Gasteiger partial charge in [0.1, 0.15) is 11.5 Å². The summed E-state index contributed by atoms with van der Waals surface area (Å²) < 4.78 is 10.5. The van der Waals surface area contributed by atoms with E-state index in [9.17, 15) is 0 Å². The third-order valence-electron chi connectivity index (χ3n) is 4.44. The van der Waals surface area contributed by atoms with E-state index in [0.29, 0.717) is 17.5 Å². The minimum atomic E-state index is 0.396. The molecule has 0 radical (unpaired) electrons. The third kappa shape index (κ3) is 3.76. The lowest BCUT2D eigenvalue weighted by atomic mass is 10.2. The molecule has 1 aromatic carbocycles. The molecule has 2 aromatic heterocycles. The predicted molar refractivity (Wildman–Crippen MR) is 102 cm³/mol. The Balaban J connectivity index is 1.43. The van der Waals surface area contributed by atoms with E-state index >= 15 is 0 Å². The molecule has 3 heterocycles. The molecule has 1 aliphatic rings. The Morgan fingerprint density at radius 3 is 2.63 bits per heavy atom. The fourth-order valence-electron chi connectivity index (χ4n) is 3.11. The number of nitrogens with one attached hydrogen (secondary N) is 1. The van der Waals surface area contributed by atoms with Gasteiger partial charge >= 0.3 is 0 Å². The summed E-state index contributed by atoms with van der Waals surface area (Å²) in [5.74, 6) is 3.35. The van der Waals surface area contributed by atoms with Gasteiger partial charge in [0.15, 0.2) is 11.6 Å². The van der Waals surface area contributed by atoms with Gasteiger partial charge in [0.05, 0.1) is 19.0 Å². The minimum absolute atomic E-state index is 0.396. The molecule has 1 aliphatic heterocycles. The van der Waals surface area contributed by atoms with Crippen LogP contribution in [0.3, 0.4) is 0 Å². The van der Waals surface area contributed by atoms with E-state index in [2.05, 4.69) is 41.5 Å². The van der Waals surface area contributed by atoms with E-state index in [1.165, 1.54) is 0 Å². The van der Waals surface area contributed by atoms with Crippen LogP contribution in [0.4, 0.5) is 23.3 Å². The highest BCUT2D eigenvalue weighted by Crippen LogP contribution is 2.29. The Kier molecular flexibility index (Phi) is 4.73. The second-order valence-corrected chi connectivity index (χ2v) is 6.23. The summed E-state index contributed by atoms with van der Waals surface area (Å²) in [7, 11) is 1.70. The molecule has 9 heteroatoms. The van der Waals surface area contributed by atoms with Crippen molar-refractivity contribution in [2.75, 3.05) is 48.4 Å². The van der Waals surface area contributed by atoms with E-state index in [-0.39, 0.29) is 0 Å². The number of rotatable bonds is 5. The molecule has 3 aromatic rings. The molecule has 1 fully saturated rings. The van der Waals surface area contributed by atoms with Crippen molar-refractivity contribution in [3.63, 3.8) is 0 Å². The Hall–Kier alpha value is -3.36. The van der Waals surface area contributed by atoms with Gasteiger partial charge in [-0.25, -0.2) is 0 Å². The van der Waals surface area contributed by atoms with Crippen molar-refractivity contribution in [2.45, 2.75) is 6.92 Å². The number of benzene rings is 1. The van der Waals surface area contributed by atoms with Crippen molar-refractivity contribution in [2.24, 2.45) is 0 Å². The van der Waals surface area contributed by atoms with E-state index < -0.39 is 0 Å². The van der Waals surface area contributed by atoms with Crippen LogP contribution in [0.15, 0.2) is 41.1 Å². The molecule has 0 saturated carbocycles. The highest BCUT2D eigenvalue weighted by molar-refractivity contribution is 5.59. The van der Waals surface area contributed by atoms with Crippen LogP contribution in [0.25, 0.3) is 0 Å². The fraction of sp³-hybridized carbons (Fsp3) is 0.333. The number of para-hydroxylation sites is 2. The molecule has 4 rings (SSSR count). The lowest BCUT2D eigenvalue weighted by molar-refractivity contribution is 0.400. The Bertz CT molecular complexity index is 906. The summed E-state index contributed by atoms with van der Waals surface area (Å²) in [4.78, 5) is 9.06. The molecule has 0 unspecified atom stereocenters. The Morgan fingerprint density at radius 2 is 1.89 bits per heavy atom. The average molecular weight is 367 g/mol.